The van der Waals surface area contributed by atoms with Crippen LogP contribution in [0.5, 0.6) is 5.75 Å². The Hall–Kier alpha value is -2.36. The third kappa shape index (κ3) is 6.45. The van der Waals surface area contributed by atoms with Crippen LogP contribution in [0, 0.1) is 0 Å². The second-order valence-corrected chi connectivity index (χ2v) is 12.4. The van der Waals surface area contributed by atoms with Crippen molar-refractivity contribution in [3.63, 3.8) is 0 Å². The summed E-state index contributed by atoms with van der Waals surface area (Å²) in [7, 11) is -3.93. The molecule has 0 saturated carbocycles. The molecule has 9 heteroatoms. The topological polar surface area (TPSA) is 98.8 Å². The molecule has 0 atom stereocenters. The highest BCUT2D eigenvalue weighted by atomic mass is 32.2. The number of sulfone groups is 1. The lowest BCUT2D eigenvalue weighted by Gasteiger charge is -2.33. The molecule has 35 heavy (non-hydrogen) atoms. The molecule has 0 radical (unpaired) electrons. The molecule has 0 aliphatic carbocycles. The van der Waals surface area contributed by atoms with Crippen molar-refractivity contribution in [3.8, 4) is 5.75 Å². The van der Waals surface area contributed by atoms with Crippen LogP contribution in [0.1, 0.15) is 52.0 Å². The minimum atomic E-state index is -3.93. The number of nitrogens with one attached hydrogen (secondary N) is 1. The van der Waals surface area contributed by atoms with Crippen LogP contribution in [0.2, 0.25) is 0 Å². The van der Waals surface area contributed by atoms with Crippen molar-refractivity contribution in [1.82, 2.24) is 0 Å². The maximum absolute atomic E-state index is 13.2. The van der Waals surface area contributed by atoms with Gasteiger partial charge in [-0.15, -0.1) is 12.6 Å². The summed E-state index contributed by atoms with van der Waals surface area (Å²) in [6.45, 7) is 7.06. The molecule has 1 heterocycles. The fourth-order valence-corrected chi connectivity index (χ4v) is 6.41. The van der Waals surface area contributed by atoms with Gasteiger partial charge >= 0.3 is 0 Å². The Kier molecular flexibility index (Phi) is 8.67. The third-order valence-electron chi connectivity index (χ3n) is 6.17. The Bertz CT molecular complexity index is 1150. The second-order valence-electron chi connectivity index (χ2n) is 9.72. The van der Waals surface area contributed by atoms with Crippen LogP contribution in [-0.4, -0.2) is 44.0 Å². The number of amides is 1. The van der Waals surface area contributed by atoms with Gasteiger partial charge in [0.05, 0.1) is 11.5 Å². The lowest BCUT2D eigenvalue weighted by Crippen LogP contribution is -2.48. The molecular weight excluding hydrogens is 486 g/mol. The van der Waals surface area contributed by atoms with Gasteiger partial charge < -0.3 is 14.8 Å². The van der Waals surface area contributed by atoms with Gasteiger partial charge in [-0.1, -0.05) is 32.9 Å². The molecule has 7 nitrogen and oxygen atoms in total. The molecule has 1 amide bonds. The molecule has 3 rings (SSSR count). The first kappa shape index (κ1) is 27.2. The van der Waals surface area contributed by atoms with Crippen LogP contribution in [0.15, 0.2) is 53.4 Å². The molecule has 0 unspecified atom stereocenters. The Labute approximate surface area is 212 Å². The number of hydrogen-bond acceptors (Lipinski definition) is 6. The molecule has 1 N–H and O–H groups in total. The van der Waals surface area contributed by atoms with Crippen LogP contribution in [0.3, 0.4) is 0 Å². The van der Waals surface area contributed by atoms with Gasteiger partial charge in [-0.05, 0) is 66.6 Å². The summed E-state index contributed by atoms with van der Waals surface area (Å²) < 4.78 is 35.8. The van der Waals surface area contributed by atoms with Gasteiger partial charge in [-0.2, -0.15) is 0 Å². The number of carbonyl (C=O) groups is 2. The first-order valence-electron chi connectivity index (χ1n) is 11.6. The Morgan fingerprint density at radius 3 is 2.34 bits per heavy atom. The van der Waals surface area contributed by atoms with E-state index >= 15 is 0 Å². The van der Waals surface area contributed by atoms with E-state index in [1.54, 1.807) is 12.1 Å². The molecule has 0 spiro atoms. The number of carbonyl (C=O) groups excluding carboxylic acids is 2. The van der Waals surface area contributed by atoms with Crippen LogP contribution in [-0.2, 0) is 29.6 Å². The third-order valence-corrected chi connectivity index (χ3v) is 9.26. The first-order valence-corrected chi connectivity index (χ1v) is 13.6. The highest BCUT2D eigenvalue weighted by Gasteiger charge is 2.50. The zero-order valence-corrected chi connectivity index (χ0v) is 22.1. The van der Waals surface area contributed by atoms with E-state index in [0.29, 0.717) is 25.2 Å². The van der Waals surface area contributed by atoms with Crippen molar-refractivity contribution in [2.75, 3.05) is 25.1 Å². The number of anilines is 1. The van der Waals surface area contributed by atoms with Gasteiger partial charge in [-0.25, -0.2) is 8.42 Å². The summed E-state index contributed by atoms with van der Waals surface area (Å²) in [4.78, 5) is 24.5. The second kappa shape index (κ2) is 11.1. The predicted octanol–water partition coefficient (Wildman–Crippen LogP) is 4.56. The normalized spacial score (nSPS) is 15.9. The summed E-state index contributed by atoms with van der Waals surface area (Å²) in [6, 6.07) is 13.8. The van der Waals surface area contributed by atoms with E-state index < -0.39 is 19.7 Å². The van der Waals surface area contributed by atoms with Crippen molar-refractivity contribution < 1.29 is 27.5 Å². The monoisotopic (exact) mass is 519 g/mol. The molecule has 2 aromatic carbocycles. The largest absolute Gasteiger partial charge is 0.494 e. The highest BCUT2D eigenvalue weighted by molar-refractivity contribution is 8.02. The number of rotatable bonds is 9. The van der Waals surface area contributed by atoms with Gasteiger partial charge in [0, 0.05) is 25.3 Å². The first-order chi connectivity index (χ1) is 16.5. The number of ether oxygens (including phenoxy) is 2. The average molecular weight is 520 g/mol. The minimum Gasteiger partial charge on any atom is -0.494 e. The standard InChI is InChI=1S/C26H33NO6S2/c1-25(2,3)19-6-4-7-20(18-19)27-23(28)8-5-15-33-21-9-11-22(12-10-21)35(30,31)26(24(29)34)13-16-32-17-14-26/h4,6-7,9-12,18H,5,8,13-17H2,1-3H3,(H,27,28)(H,29,34). The van der Waals surface area contributed by atoms with E-state index in [1.165, 1.54) is 12.1 Å². The minimum absolute atomic E-state index is 0.00285. The summed E-state index contributed by atoms with van der Waals surface area (Å²) in [5.74, 6) is 0.389. The van der Waals surface area contributed by atoms with Crippen LogP contribution in [0.4, 0.5) is 5.69 Å². The molecule has 2 aromatic rings. The molecule has 0 aromatic heterocycles. The van der Waals surface area contributed by atoms with E-state index in [9.17, 15) is 18.0 Å². The molecule has 1 aliphatic rings. The Morgan fingerprint density at radius 2 is 1.74 bits per heavy atom. The summed E-state index contributed by atoms with van der Waals surface area (Å²) in [5, 5.41) is 2.25. The summed E-state index contributed by atoms with van der Waals surface area (Å²) in [6.07, 6.45) is 0.958. The van der Waals surface area contributed by atoms with Crippen molar-refractivity contribution in [3.05, 3.63) is 54.1 Å². The quantitative estimate of drug-likeness (QED) is 0.372. The van der Waals surface area contributed by atoms with Crippen molar-refractivity contribution in [2.24, 2.45) is 0 Å². The van der Waals surface area contributed by atoms with Gasteiger partial charge in [0.25, 0.3) is 0 Å². The summed E-state index contributed by atoms with van der Waals surface area (Å²) >= 11 is 3.88. The maximum atomic E-state index is 13.2. The molecule has 1 saturated heterocycles. The maximum Gasteiger partial charge on any atom is 0.224 e. The van der Waals surface area contributed by atoms with Crippen LogP contribution < -0.4 is 10.1 Å². The summed E-state index contributed by atoms with van der Waals surface area (Å²) in [5.41, 5.74) is 1.91. The molecule has 1 fully saturated rings. The highest BCUT2D eigenvalue weighted by Crippen LogP contribution is 2.37. The van der Waals surface area contributed by atoms with Crippen molar-refractivity contribution in [2.45, 2.75) is 61.5 Å². The van der Waals surface area contributed by atoms with Gasteiger partial charge in [0.2, 0.25) is 11.0 Å². The Morgan fingerprint density at radius 1 is 1.09 bits per heavy atom. The van der Waals surface area contributed by atoms with Gasteiger partial charge in [0.15, 0.2) is 9.84 Å². The van der Waals surface area contributed by atoms with Crippen LogP contribution in [0.25, 0.3) is 0 Å². The van der Waals surface area contributed by atoms with E-state index in [1.807, 2.05) is 24.3 Å². The molecular formula is C26H33NO6S2. The van der Waals surface area contributed by atoms with E-state index in [-0.39, 0.29) is 42.3 Å². The molecule has 0 bridgehead atoms. The predicted molar refractivity (Wildman–Crippen MR) is 139 cm³/mol. The zero-order valence-electron chi connectivity index (χ0n) is 20.4. The zero-order chi connectivity index (χ0) is 25.7. The lowest BCUT2D eigenvalue weighted by atomic mass is 9.87. The SMILES string of the molecule is CC(C)(C)c1cccc(NC(=O)CCCOc2ccc(S(=O)(=O)C3(C(=O)S)CCOCC3)cc2)c1. The average Bonchev–Trinajstić information content (AvgIpc) is 2.82. The van der Waals surface area contributed by atoms with Crippen LogP contribution >= 0.6 is 12.6 Å². The van der Waals surface area contributed by atoms with Gasteiger partial charge in [-0.3, -0.25) is 9.59 Å². The fourth-order valence-electron chi connectivity index (χ4n) is 3.95. The lowest BCUT2D eigenvalue weighted by molar-refractivity contribution is -0.116. The van der Waals surface area contributed by atoms with Crippen molar-refractivity contribution >= 4 is 39.2 Å². The van der Waals surface area contributed by atoms with Gasteiger partial charge in [0.1, 0.15) is 10.5 Å². The number of hydrogen-bond donors (Lipinski definition) is 2. The number of benzene rings is 2. The Balaban J connectivity index is 1.52. The molecule has 1 aliphatic heterocycles. The molecule has 190 valence electrons. The fraction of sp³-hybridized carbons (Fsp3) is 0.462. The van der Waals surface area contributed by atoms with Crippen molar-refractivity contribution in [1.29, 1.82) is 0 Å². The number of thiol groups is 1. The smallest absolute Gasteiger partial charge is 0.224 e. The van der Waals surface area contributed by atoms with E-state index in [4.69, 9.17) is 9.47 Å². The van der Waals surface area contributed by atoms with E-state index in [0.717, 1.165) is 11.3 Å². The van der Waals surface area contributed by atoms with E-state index in [2.05, 4.69) is 38.7 Å².